The minimum Gasteiger partial charge on any atom is -0.548 e. The van der Waals surface area contributed by atoms with E-state index in [1.54, 1.807) is 19.1 Å². The third kappa shape index (κ3) is 4.31. The van der Waals surface area contributed by atoms with Gasteiger partial charge in [-0.1, -0.05) is 18.2 Å². The number of carboxylic acids is 1. The van der Waals surface area contributed by atoms with Crippen LogP contribution in [0.2, 0.25) is 0 Å². The molecule has 0 aliphatic carbocycles. The molecule has 0 aromatic heterocycles. The van der Waals surface area contributed by atoms with E-state index in [1.807, 2.05) is 18.2 Å². The first-order chi connectivity index (χ1) is 5.70. The van der Waals surface area contributed by atoms with Crippen LogP contribution in [-0.4, -0.2) is 12.0 Å². The molecule has 0 fully saturated rings. The normalized spacial score (nSPS) is 11.2. The van der Waals surface area contributed by atoms with Crippen LogP contribution in [0.15, 0.2) is 30.3 Å². The summed E-state index contributed by atoms with van der Waals surface area (Å²) in [5.41, 5.74) is 0.786. The monoisotopic (exact) mass is 187 g/mol. The third-order valence-electron chi connectivity index (χ3n) is 1.51. The number of carboxylic acid groups (broad SMARTS) is 1. The number of hydrogen-bond donors (Lipinski definition) is 1. The number of rotatable bonds is 3. The Balaban J connectivity index is 0.00000144. The van der Waals surface area contributed by atoms with Gasteiger partial charge >= 0.3 is 29.6 Å². The molecular weight excluding hydrogens is 177 g/mol. The van der Waals surface area contributed by atoms with Crippen molar-refractivity contribution in [3.63, 3.8) is 0 Å². The van der Waals surface area contributed by atoms with Crippen LogP contribution in [0.25, 0.3) is 0 Å². The number of carbonyl (C=O) groups is 1. The largest absolute Gasteiger partial charge is 1.00 e. The number of anilines is 1. The Hall–Kier alpha value is -0.510. The van der Waals surface area contributed by atoms with E-state index in [0.29, 0.717) is 0 Å². The van der Waals surface area contributed by atoms with E-state index in [2.05, 4.69) is 5.32 Å². The summed E-state index contributed by atoms with van der Waals surface area (Å²) in [6.45, 7) is 1.54. The Kier molecular flexibility index (Phi) is 5.79. The van der Waals surface area contributed by atoms with Crippen molar-refractivity contribution in [1.82, 2.24) is 0 Å². The topological polar surface area (TPSA) is 52.2 Å². The van der Waals surface area contributed by atoms with Crippen LogP contribution in [0.1, 0.15) is 6.92 Å². The van der Waals surface area contributed by atoms with Gasteiger partial charge in [0.2, 0.25) is 0 Å². The number of nitrogens with one attached hydrogen (secondary N) is 1. The van der Waals surface area contributed by atoms with E-state index in [0.717, 1.165) is 5.69 Å². The molecule has 4 heteroatoms. The number of benzene rings is 1. The maximum Gasteiger partial charge on any atom is 1.00 e. The summed E-state index contributed by atoms with van der Waals surface area (Å²) in [6.07, 6.45) is 0. The second-order valence-electron chi connectivity index (χ2n) is 2.55. The van der Waals surface area contributed by atoms with Gasteiger partial charge in [-0.2, -0.15) is 0 Å². The number of hydrogen-bond acceptors (Lipinski definition) is 3. The molecule has 3 nitrogen and oxygen atoms in total. The minimum absolute atomic E-state index is 0. The number of carbonyl (C=O) groups excluding carboxylic acids is 1. The summed E-state index contributed by atoms with van der Waals surface area (Å²) >= 11 is 0. The molecule has 0 saturated carbocycles. The zero-order valence-electron chi connectivity index (χ0n) is 7.78. The summed E-state index contributed by atoms with van der Waals surface area (Å²) in [6, 6.07) is 8.50. The van der Waals surface area contributed by atoms with Crippen LogP contribution in [0.5, 0.6) is 0 Å². The maximum absolute atomic E-state index is 10.3. The molecule has 0 aliphatic rings. The molecule has 64 valence electrons. The fourth-order valence-corrected chi connectivity index (χ4v) is 0.843. The van der Waals surface area contributed by atoms with Crippen molar-refractivity contribution < 1.29 is 39.5 Å². The predicted octanol–water partition coefficient (Wildman–Crippen LogP) is -2.76. The molecule has 0 radical (unpaired) electrons. The molecule has 1 aromatic carbocycles. The van der Waals surface area contributed by atoms with Gasteiger partial charge in [-0.3, -0.25) is 0 Å². The van der Waals surface area contributed by atoms with Gasteiger partial charge in [-0.25, -0.2) is 0 Å². The van der Waals surface area contributed by atoms with Gasteiger partial charge in [0, 0.05) is 5.69 Å². The van der Waals surface area contributed by atoms with Crippen molar-refractivity contribution in [2.45, 2.75) is 13.0 Å². The summed E-state index contributed by atoms with van der Waals surface area (Å²) < 4.78 is 0. The smallest absolute Gasteiger partial charge is 0.548 e. The molecular formula is C9H10NNaO2. The fourth-order valence-electron chi connectivity index (χ4n) is 0.843. The average molecular weight is 187 g/mol. The van der Waals surface area contributed by atoms with E-state index >= 15 is 0 Å². The summed E-state index contributed by atoms with van der Waals surface area (Å²) in [7, 11) is 0. The van der Waals surface area contributed by atoms with Crippen LogP contribution < -0.4 is 40.0 Å². The van der Waals surface area contributed by atoms with Gasteiger partial charge < -0.3 is 15.2 Å². The van der Waals surface area contributed by atoms with Crippen LogP contribution in [-0.2, 0) is 4.79 Å². The van der Waals surface area contributed by atoms with Gasteiger partial charge in [-0.15, -0.1) is 0 Å². The molecule has 1 N–H and O–H groups in total. The SMILES string of the molecule is C[C@H](Nc1ccccc1)C(=O)[O-].[Na+]. The molecule has 1 atom stereocenters. The molecule has 0 spiro atoms. The molecule has 0 amide bonds. The predicted molar refractivity (Wildman–Crippen MR) is 44.5 cm³/mol. The molecule has 0 saturated heterocycles. The van der Waals surface area contributed by atoms with E-state index in [4.69, 9.17) is 0 Å². The molecule has 1 rings (SSSR count). The van der Waals surface area contributed by atoms with Crippen molar-refractivity contribution >= 4 is 11.7 Å². The summed E-state index contributed by atoms with van der Waals surface area (Å²) in [5, 5.41) is 13.1. The molecule has 0 heterocycles. The van der Waals surface area contributed by atoms with Crippen molar-refractivity contribution in [2.75, 3.05) is 5.32 Å². The van der Waals surface area contributed by atoms with Crippen molar-refractivity contribution in [3.05, 3.63) is 30.3 Å². The van der Waals surface area contributed by atoms with Crippen LogP contribution >= 0.6 is 0 Å². The first-order valence-electron chi connectivity index (χ1n) is 3.72. The van der Waals surface area contributed by atoms with Gasteiger partial charge in [0.05, 0.1) is 12.0 Å². The standard InChI is InChI=1S/C9H11NO2.Na/c1-7(9(11)12)10-8-5-3-2-4-6-8;/h2-7,10H,1H3,(H,11,12);/q;+1/p-1/t7-;/m0./s1. The Morgan fingerprint density at radius 2 is 1.92 bits per heavy atom. The van der Waals surface area contributed by atoms with Crippen LogP contribution in [0.4, 0.5) is 5.69 Å². The van der Waals surface area contributed by atoms with Crippen molar-refractivity contribution in [2.24, 2.45) is 0 Å². The fraction of sp³-hybridized carbons (Fsp3) is 0.222. The van der Waals surface area contributed by atoms with Gasteiger partial charge in [0.1, 0.15) is 0 Å². The Morgan fingerprint density at radius 3 is 2.38 bits per heavy atom. The first kappa shape index (κ1) is 12.5. The van der Waals surface area contributed by atoms with Crippen molar-refractivity contribution in [3.8, 4) is 0 Å². The summed E-state index contributed by atoms with van der Waals surface area (Å²) in [5.74, 6) is -1.10. The second-order valence-corrected chi connectivity index (χ2v) is 2.55. The number of aliphatic carboxylic acids is 1. The molecule has 13 heavy (non-hydrogen) atoms. The third-order valence-corrected chi connectivity index (χ3v) is 1.51. The summed E-state index contributed by atoms with van der Waals surface area (Å²) in [4.78, 5) is 10.3. The molecule has 1 aromatic rings. The molecule has 0 bridgehead atoms. The van der Waals surface area contributed by atoms with E-state index in [-0.39, 0.29) is 29.6 Å². The van der Waals surface area contributed by atoms with Gasteiger partial charge in [-0.05, 0) is 19.1 Å². The van der Waals surface area contributed by atoms with E-state index < -0.39 is 12.0 Å². The van der Waals surface area contributed by atoms with E-state index in [1.165, 1.54) is 0 Å². The minimum atomic E-state index is -1.10. The quantitative estimate of drug-likeness (QED) is 0.522. The van der Waals surface area contributed by atoms with Crippen LogP contribution in [0, 0.1) is 0 Å². The maximum atomic E-state index is 10.3. The second kappa shape index (κ2) is 6.02. The Labute approximate surface area is 99.4 Å². The molecule has 0 unspecified atom stereocenters. The average Bonchev–Trinajstić information content (AvgIpc) is 2.06. The number of para-hydroxylation sites is 1. The van der Waals surface area contributed by atoms with Crippen LogP contribution in [0.3, 0.4) is 0 Å². The first-order valence-corrected chi connectivity index (χ1v) is 3.72. The molecule has 0 aliphatic heterocycles. The Morgan fingerprint density at radius 1 is 1.38 bits per heavy atom. The zero-order chi connectivity index (χ0) is 8.97. The van der Waals surface area contributed by atoms with Gasteiger partial charge in [0.15, 0.2) is 0 Å². The zero-order valence-corrected chi connectivity index (χ0v) is 9.78. The Bertz CT molecular complexity index is 264. The van der Waals surface area contributed by atoms with Crippen molar-refractivity contribution in [1.29, 1.82) is 0 Å². The van der Waals surface area contributed by atoms with Gasteiger partial charge in [0.25, 0.3) is 0 Å². The van der Waals surface area contributed by atoms with E-state index in [9.17, 15) is 9.90 Å².